The lowest BCUT2D eigenvalue weighted by atomic mass is 9.99. The van der Waals surface area contributed by atoms with Gasteiger partial charge < -0.3 is 15.3 Å². The van der Waals surface area contributed by atoms with Crippen molar-refractivity contribution in [1.29, 1.82) is 0 Å². The molecule has 0 amide bonds. The first-order chi connectivity index (χ1) is 31.9. The van der Waals surface area contributed by atoms with E-state index in [-0.39, 0.29) is 7.43 Å². The third kappa shape index (κ3) is 91.8. The summed E-state index contributed by atoms with van der Waals surface area (Å²) >= 11 is 0. The zero-order valence-electron chi connectivity index (χ0n) is 51.4. The van der Waals surface area contributed by atoms with Crippen LogP contribution in [-0.2, 0) is 0 Å². The molecule has 0 fully saturated rings. The minimum absolute atomic E-state index is 0. The number of hydrogen-bond donors (Lipinski definition) is 3. The zero-order valence-corrected chi connectivity index (χ0v) is 51.4. The van der Waals surface area contributed by atoms with Crippen molar-refractivity contribution < 1.29 is 15.3 Å². The van der Waals surface area contributed by atoms with E-state index >= 15 is 0 Å². The molecule has 0 aromatic carbocycles. The molecule has 0 spiro atoms. The molecule has 0 aliphatic heterocycles. The number of aliphatic hydroxyl groups is 3. The van der Waals surface area contributed by atoms with Gasteiger partial charge in [0.25, 0.3) is 0 Å². The van der Waals surface area contributed by atoms with Crippen LogP contribution in [0.1, 0.15) is 308 Å². The van der Waals surface area contributed by atoms with Gasteiger partial charge in [-0.25, -0.2) is 0 Å². The lowest BCUT2D eigenvalue weighted by Crippen LogP contribution is -2.17. The minimum Gasteiger partial charge on any atom is -0.390 e. The second kappa shape index (κ2) is 54.3. The van der Waals surface area contributed by atoms with E-state index in [1.807, 2.05) is 41.5 Å². The molecule has 0 unspecified atom stereocenters. The fraction of sp³-hybridized carbons (Fsp3) is 0.731. The monoisotopic (exact) mass is 983 g/mol. The van der Waals surface area contributed by atoms with Gasteiger partial charge in [-0.1, -0.05) is 160 Å². The third-order valence-corrected chi connectivity index (χ3v) is 10.6. The molecule has 0 saturated heterocycles. The lowest BCUT2D eigenvalue weighted by Gasteiger charge is -2.16. The van der Waals surface area contributed by atoms with E-state index in [2.05, 4.69) is 179 Å². The smallest absolute Gasteiger partial charge is 0.0591 e. The highest BCUT2D eigenvalue weighted by Crippen LogP contribution is 2.18. The predicted octanol–water partition coefficient (Wildman–Crippen LogP) is 22.8. The molecule has 0 heterocycles. The van der Waals surface area contributed by atoms with Crippen LogP contribution in [0.4, 0.5) is 0 Å². The summed E-state index contributed by atoms with van der Waals surface area (Å²) in [5, 5.41) is 28.1. The first kappa shape index (κ1) is 81.6. The molecule has 0 saturated carbocycles. The Hall–Kier alpha value is -2.46. The summed E-state index contributed by atoms with van der Waals surface area (Å²) in [6, 6.07) is 0. The number of allylic oxidation sites excluding steroid dienone is 18. The van der Waals surface area contributed by atoms with E-state index in [9.17, 15) is 10.2 Å². The van der Waals surface area contributed by atoms with E-state index in [1.54, 1.807) is 0 Å². The molecule has 0 aliphatic rings. The van der Waals surface area contributed by atoms with Crippen molar-refractivity contribution in [2.75, 3.05) is 0 Å². The van der Waals surface area contributed by atoms with Crippen molar-refractivity contribution in [2.45, 2.75) is 325 Å². The first-order valence-electron chi connectivity index (χ1n) is 27.9. The van der Waals surface area contributed by atoms with E-state index < -0.39 is 16.8 Å². The Morgan fingerprint density at radius 3 is 0.700 bits per heavy atom. The van der Waals surface area contributed by atoms with Gasteiger partial charge in [-0.15, -0.1) is 0 Å². The van der Waals surface area contributed by atoms with Crippen LogP contribution in [0.3, 0.4) is 0 Å². The lowest BCUT2D eigenvalue weighted by molar-refractivity contribution is 0.0683. The molecule has 0 radical (unpaired) electrons. The van der Waals surface area contributed by atoms with Gasteiger partial charge in [-0.2, -0.15) is 0 Å². The van der Waals surface area contributed by atoms with Crippen LogP contribution in [0.2, 0.25) is 0 Å². The Bertz CT molecular complexity index is 1430. The fourth-order valence-electron chi connectivity index (χ4n) is 6.90. The van der Waals surface area contributed by atoms with Crippen molar-refractivity contribution in [2.24, 2.45) is 0 Å². The molecule has 0 aromatic heterocycles. The molecule has 3 heteroatoms. The molecule has 0 bridgehead atoms. The first-order valence-corrected chi connectivity index (χ1v) is 27.9. The predicted molar refractivity (Wildman–Crippen MR) is 327 cm³/mol. The van der Waals surface area contributed by atoms with Crippen LogP contribution in [0.15, 0.2) is 105 Å². The summed E-state index contributed by atoms with van der Waals surface area (Å²) in [5.74, 6) is 0. The molecule has 0 rings (SSSR count). The van der Waals surface area contributed by atoms with Crippen molar-refractivity contribution in [3.63, 3.8) is 0 Å². The Balaban J connectivity index is -0.000000140. The van der Waals surface area contributed by atoms with Crippen LogP contribution in [0, 0.1) is 0 Å². The van der Waals surface area contributed by atoms with Crippen molar-refractivity contribution in [3.8, 4) is 0 Å². The van der Waals surface area contributed by atoms with E-state index in [0.717, 1.165) is 77.0 Å². The van der Waals surface area contributed by atoms with Crippen molar-refractivity contribution in [1.82, 2.24) is 0 Å². The molecule has 3 nitrogen and oxygen atoms in total. The van der Waals surface area contributed by atoms with Gasteiger partial charge >= 0.3 is 0 Å². The Labute approximate surface area is 443 Å². The van der Waals surface area contributed by atoms with Crippen LogP contribution in [0.25, 0.3) is 0 Å². The summed E-state index contributed by atoms with van der Waals surface area (Å²) < 4.78 is 0. The largest absolute Gasteiger partial charge is 0.390 e. The minimum atomic E-state index is -0.513. The zero-order chi connectivity index (χ0) is 54.9. The molecule has 3 N–H and O–H groups in total. The Morgan fingerprint density at radius 1 is 0.300 bits per heavy atom. The molecular formula is C67H130O3. The molecule has 0 atom stereocenters. The van der Waals surface area contributed by atoms with Gasteiger partial charge in [0.05, 0.1) is 16.8 Å². The van der Waals surface area contributed by atoms with Gasteiger partial charge in [-0.3, -0.25) is 0 Å². The highest BCUT2D eigenvalue weighted by Gasteiger charge is 2.12. The average Bonchev–Trinajstić information content (AvgIpc) is 3.18. The standard InChI is InChI=1S/C16H30O.C16H28.C11H22O.C11H20.C6H14O.C6H12.CH4/c1-6-9-14(2)10-7-11-15(3)12-8-13-16(4,5)17;1-6-9-15(4)12-8-13-16(5)11-7-10-14(2)3;1-5-7-10(2)8-6-9-11(3,4)12;1-5-7-11(4)9-6-8-10(2)3;1-4-5-6(2,3)7;1-4-5-6(2)3;/h9,11,17H,6-8,10,12-13H2,1-5H3;9-10,13H,6-8,11-12H2,1-5H3;7,12H,5-6,8-9H2,1-4H3;7-8H,5-6,9H2,1-4H3;7H,4-5H2,1-3H3;5H,4H2,1-3H3;1H4/b14-9+,15-11+;15-9+,16-13+;10-7+;11-7+;;;. The molecule has 0 aromatic rings. The highest BCUT2D eigenvalue weighted by atomic mass is 16.3. The second-order valence-corrected chi connectivity index (χ2v) is 22.2. The third-order valence-electron chi connectivity index (χ3n) is 10.6. The topological polar surface area (TPSA) is 60.7 Å². The van der Waals surface area contributed by atoms with E-state index in [0.29, 0.717) is 0 Å². The van der Waals surface area contributed by atoms with Crippen LogP contribution in [0.5, 0.6) is 0 Å². The van der Waals surface area contributed by atoms with Crippen molar-refractivity contribution in [3.05, 3.63) is 105 Å². The van der Waals surface area contributed by atoms with Crippen LogP contribution in [-0.4, -0.2) is 32.1 Å². The second-order valence-electron chi connectivity index (χ2n) is 22.2. The SMILES string of the molecule is C.CC/C=C(\C)CC/C=C(\C)CCC=C(C)C.CC/C=C(\C)CC/C=C(\C)CCCC(C)(C)O.CC/C=C(\C)CCC=C(C)C.CC/C=C(\C)CCCC(C)(C)O.CCC=C(C)C.CCCC(C)(C)O. The summed E-state index contributed by atoms with van der Waals surface area (Å²) in [6.45, 7) is 50.2. The maximum Gasteiger partial charge on any atom is 0.0591 e. The average molecular weight is 984 g/mol. The Kier molecular flexibility index (Phi) is 63.3. The van der Waals surface area contributed by atoms with Gasteiger partial charge in [0, 0.05) is 0 Å². The Morgan fingerprint density at radius 2 is 0.514 bits per heavy atom. The number of hydrogen-bond acceptors (Lipinski definition) is 3. The van der Waals surface area contributed by atoms with Crippen LogP contribution >= 0.6 is 0 Å². The fourth-order valence-corrected chi connectivity index (χ4v) is 6.90. The maximum atomic E-state index is 9.61. The van der Waals surface area contributed by atoms with Gasteiger partial charge in [0.2, 0.25) is 0 Å². The van der Waals surface area contributed by atoms with Gasteiger partial charge in [0.15, 0.2) is 0 Å². The number of rotatable bonds is 27. The van der Waals surface area contributed by atoms with E-state index in [1.165, 1.54) is 108 Å². The summed E-state index contributed by atoms with van der Waals surface area (Å²) in [4.78, 5) is 0. The van der Waals surface area contributed by atoms with Crippen LogP contribution < -0.4 is 0 Å². The molecule has 0 aliphatic carbocycles. The molecule has 416 valence electrons. The summed E-state index contributed by atoms with van der Waals surface area (Å²) in [5.41, 5.74) is 11.8. The maximum absolute atomic E-state index is 9.61. The van der Waals surface area contributed by atoms with Gasteiger partial charge in [-0.05, 0) is 253 Å². The van der Waals surface area contributed by atoms with Crippen molar-refractivity contribution >= 4 is 0 Å². The summed E-state index contributed by atoms with van der Waals surface area (Å²) in [7, 11) is 0. The van der Waals surface area contributed by atoms with E-state index in [4.69, 9.17) is 5.11 Å². The summed E-state index contributed by atoms with van der Waals surface area (Å²) in [6.07, 6.45) is 44.2. The highest BCUT2D eigenvalue weighted by molar-refractivity contribution is 5.06. The molecule has 70 heavy (non-hydrogen) atoms. The normalized spacial score (nSPS) is 12.4. The van der Waals surface area contributed by atoms with Gasteiger partial charge in [0.1, 0.15) is 0 Å². The molecular weight excluding hydrogens is 853 g/mol. The quantitative estimate of drug-likeness (QED) is 0.0719.